The van der Waals surface area contributed by atoms with Gasteiger partial charge in [-0.15, -0.1) is 0 Å². The number of hydrogen-bond acceptors (Lipinski definition) is 1. The second-order valence-electron chi connectivity index (χ2n) is 7.30. The molecule has 2 heterocycles. The first-order chi connectivity index (χ1) is 12.5. The standard InChI is InChI=1S/C22H23FN2O/c1-14-3-4-17(11-15(14)2)22(26)25-9-7-16(8-10-25)20-13-24-21-12-18(23)5-6-19(20)21/h3-6,11-13,16,24H,7-10H2,1-2H3. The summed E-state index contributed by atoms with van der Waals surface area (Å²) in [6, 6.07) is 10.8. The molecule has 4 heteroatoms. The number of piperidine rings is 1. The molecule has 0 unspecified atom stereocenters. The fourth-order valence-corrected chi connectivity index (χ4v) is 3.91. The largest absolute Gasteiger partial charge is 0.361 e. The van der Waals surface area contributed by atoms with E-state index in [2.05, 4.69) is 11.9 Å². The first-order valence-electron chi connectivity index (χ1n) is 9.16. The lowest BCUT2D eigenvalue weighted by Crippen LogP contribution is -2.37. The topological polar surface area (TPSA) is 36.1 Å². The summed E-state index contributed by atoms with van der Waals surface area (Å²) in [5.74, 6) is 0.297. The van der Waals surface area contributed by atoms with E-state index in [0.29, 0.717) is 5.92 Å². The fourth-order valence-electron chi connectivity index (χ4n) is 3.91. The van der Waals surface area contributed by atoms with Gasteiger partial charge >= 0.3 is 0 Å². The van der Waals surface area contributed by atoms with Gasteiger partial charge in [0.25, 0.3) is 5.91 Å². The third-order valence-electron chi connectivity index (χ3n) is 5.65. The number of nitrogens with zero attached hydrogens (tertiary/aromatic N) is 1. The zero-order chi connectivity index (χ0) is 18.3. The van der Waals surface area contributed by atoms with Crippen LogP contribution in [0.15, 0.2) is 42.6 Å². The van der Waals surface area contributed by atoms with Gasteiger partial charge in [-0.05, 0) is 79.6 Å². The van der Waals surface area contributed by atoms with E-state index in [1.54, 1.807) is 0 Å². The number of hydrogen-bond donors (Lipinski definition) is 1. The lowest BCUT2D eigenvalue weighted by atomic mass is 9.89. The van der Waals surface area contributed by atoms with Crippen molar-refractivity contribution in [1.29, 1.82) is 0 Å². The van der Waals surface area contributed by atoms with Crippen LogP contribution in [0.2, 0.25) is 0 Å². The smallest absolute Gasteiger partial charge is 0.253 e. The number of nitrogens with one attached hydrogen (secondary N) is 1. The molecule has 1 fully saturated rings. The van der Waals surface area contributed by atoms with Crippen LogP contribution in [-0.2, 0) is 0 Å². The Balaban J connectivity index is 1.48. The number of carbonyl (C=O) groups is 1. The molecular weight excluding hydrogens is 327 g/mol. The summed E-state index contributed by atoms with van der Waals surface area (Å²) < 4.78 is 13.4. The highest BCUT2D eigenvalue weighted by molar-refractivity contribution is 5.94. The van der Waals surface area contributed by atoms with Gasteiger partial charge in [-0.3, -0.25) is 4.79 Å². The van der Waals surface area contributed by atoms with Crippen LogP contribution in [0.5, 0.6) is 0 Å². The molecule has 1 aliphatic rings. The summed E-state index contributed by atoms with van der Waals surface area (Å²) in [5, 5.41) is 1.09. The summed E-state index contributed by atoms with van der Waals surface area (Å²) >= 11 is 0. The lowest BCUT2D eigenvalue weighted by Gasteiger charge is -2.32. The van der Waals surface area contributed by atoms with Crippen LogP contribution in [0.1, 0.15) is 45.8 Å². The summed E-state index contributed by atoms with van der Waals surface area (Å²) in [5.41, 5.74) is 5.20. The minimum atomic E-state index is -0.222. The molecule has 0 radical (unpaired) electrons. The van der Waals surface area contributed by atoms with Gasteiger partial charge in [-0.1, -0.05) is 6.07 Å². The van der Waals surface area contributed by atoms with Gasteiger partial charge in [0.15, 0.2) is 0 Å². The highest BCUT2D eigenvalue weighted by atomic mass is 19.1. The Morgan fingerprint density at radius 1 is 1.08 bits per heavy atom. The maximum atomic E-state index is 13.4. The van der Waals surface area contributed by atoms with Crippen molar-refractivity contribution in [3.8, 4) is 0 Å². The van der Waals surface area contributed by atoms with Crippen LogP contribution in [0.4, 0.5) is 4.39 Å². The molecule has 1 aromatic heterocycles. The molecule has 134 valence electrons. The van der Waals surface area contributed by atoms with Crippen LogP contribution in [-0.4, -0.2) is 28.9 Å². The first-order valence-corrected chi connectivity index (χ1v) is 9.16. The number of aromatic nitrogens is 1. The maximum Gasteiger partial charge on any atom is 0.253 e. The Hall–Kier alpha value is -2.62. The van der Waals surface area contributed by atoms with Crippen molar-refractivity contribution in [2.45, 2.75) is 32.6 Å². The minimum absolute atomic E-state index is 0.118. The molecule has 0 saturated carbocycles. The SMILES string of the molecule is Cc1ccc(C(=O)N2CCC(c3c[nH]c4cc(F)ccc34)CC2)cc1C. The Bertz CT molecular complexity index is 967. The zero-order valence-corrected chi connectivity index (χ0v) is 15.2. The van der Waals surface area contributed by atoms with E-state index in [1.807, 2.05) is 42.3 Å². The molecule has 0 aliphatic carbocycles. The number of amides is 1. The molecule has 3 nitrogen and oxygen atoms in total. The third-order valence-corrected chi connectivity index (χ3v) is 5.65. The maximum absolute atomic E-state index is 13.4. The highest BCUT2D eigenvalue weighted by Gasteiger charge is 2.26. The number of H-pyrrole nitrogens is 1. The predicted octanol–water partition coefficient (Wildman–Crippen LogP) is 4.94. The number of aromatic amines is 1. The molecule has 1 aliphatic heterocycles. The molecule has 1 N–H and O–H groups in total. The predicted molar refractivity (Wildman–Crippen MR) is 102 cm³/mol. The number of benzene rings is 2. The van der Waals surface area contributed by atoms with Crippen molar-refractivity contribution < 1.29 is 9.18 Å². The number of rotatable bonds is 2. The van der Waals surface area contributed by atoms with E-state index in [0.717, 1.165) is 48.0 Å². The van der Waals surface area contributed by atoms with Gasteiger partial charge in [-0.25, -0.2) is 4.39 Å². The Morgan fingerprint density at radius 3 is 2.58 bits per heavy atom. The van der Waals surface area contributed by atoms with Crippen molar-refractivity contribution in [2.75, 3.05) is 13.1 Å². The molecule has 0 bridgehead atoms. The molecule has 0 atom stereocenters. The summed E-state index contributed by atoms with van der Waals surface area (Å²) in [4.78, 5) is 17.9. The number of likely N-dealkylation sites (tertiary alicyclic amines) is 1. The Morgan fingerprint density at radius 2 is 1.85 bits per heavy atom. The number of carbonyl (C=O) groups excluding carboxylic acids is 1. The van der Waals surface area contributed by atoms with Crippen molar-refractivity contribution in [1.82, 2.24) is 9.88 Å². The van der Waals surface area contributed by atoms with Gasteiger partial charge in [0.05, 0.1) is 0 Å². The van der Waals surface area contributed by atoms with E-state index in [9.17, 15) is 9.18 Å². The van der Waals surface area contributed by atoms with Crippen LogP contribution >= 0.6 is 0 Å². The van der Waals surface area contributed by atoms with E-state index in [1.165, 1.54) is 23.3 Å². The summed E-state index contributed by atoms with van der Waals surface area (Å²) in [7, 11) is 0. The Labute approximate surface area is 152 Å². The summed E-state index contributed by atoms with van der Waals surface area (Å²) in [6.45, 7) is 5.61. The van der Waals surface area contributed by atoms with Crippen molar-refractivity contribution >= 4 is 16.8 Å². The molecule has 2 aromatic carbocycles. The van der Waals surface area contributed by atoms with E-state index in [-0.39, 0.29) is 11.7 Å². The van der Waals surface area contributed by atoms with Gasteiger partial charge < -0.3 is 9.88 Å². The van der Waals surface area contributed by atoms with Crippen LogP contribution in [0.3, 0.4) is 0 Å². The zero-order valence-electron chi connectivity index (χ0n) is 15.2. The quantitative estimate of drug-likeness (QED) is 0.698. The first kappa shape index (κ1) is 16.8. The van der Waals surface area contributed by atoms with Crippen LogP contribution < -0.4 is 0 Å². The molecule has 26 heavy (non-hydrogen) atoms. The van der Waals surface area contributed by atoms with Crippen molar-refractivity contribution in [3.05, 3.63) is 70.7 Å². The number of aryl methyl sites for hydroxylation is 2. The second kappa shape index (κ2) is 6.60. The number of fused-ring (bicyclic) bond motifs is 1. The average Bonchev–Trinajstić information content (AvgIpc) is 3.06. The second-order valence-corrected chi connectivity index (χ2v) is 7.30. The van der Waals surface area contributed by atoms with Gasteiger partial charge in [0.1, 0.15) is 5.82 Å². The fraction of sp³-hybridized carbons (Fsp3) is 0.318. The molecule has 1 saturated heterocycles. The monoisotopic (exact) mass is 350 g/mol. The average molecular weight is 350 g/mol. The van der Waals surface area contributed by atoms with Gasteiger partial charge in [0.2, 0.25) is 0 Å². The highest BCUT2D eigenvalue weighted by Crippen LogP contribution is 2.33. The Kier molecular flexibility index (Phi) is 4.27. The molecule has 4 rings (SSSR count). The van der Waals surface area contributed by atoms with E-state index >= 15 is 0 Å². The van der Waals surface area contributed by atoms with Crippen molar-refractivity contribution in [2.24, 2.45) is 0 Å². The van der Waals surface area contributed by atoms with Crippen LogP contribution in [0, 0.1) is 19.7 Å². The van der Waals surface area contributed by atoms with E-state index in [4.69, 9.17) is 0 Å². The third kappa shape index (κ3) is 3.00. The molecular formula is C22H23FN2O. The normalized spacial score (nSPS) is 15.6. The van der Waals surface area contributed by atoms with Crippen LogP contribution in [0.25, 0.3) is 10.9 Å². The molecule has 3 aromatic rings. The van der Waals surface area contributed by atoms with Gasteiger partial charge in [0, 0.05) is 35.8 Å². The van der Waals surface area contributed by atoms with Crippen molar-refractivity contribution in [3.63, 3.8) is 0 Å². The summed E-state index contributed by atoms with van der Waals surface area (Å²) in [6.07, 6.45) is 3.86. The number of halogens is 1. The van der Waals surface area contributed by atoms with Gasteiger partial charge in [-0.2, -0.15) is 0 Å². The minimum Gasteiger partial charge on any atom is -0.361 e. The van der Waals surface area contributed by atoms with E-state index < -0.39 is 0 Å². The molecule has 1 amide bonds. The lowest BCUT2D eigenvalue weighted by molar-refractivity contribution is 0.0713. The molecule has 0 spiro atoms.